The summed E-state index contributed by atoms with van der Waals surface area (Å²) >= 11 is 5.95. The second-order valence-electron chi connectivity index (χ2n) is 12.3. The first kappa shape index (κ1) is 29.3. The van der Waals surface area contributed by atoms with Crippen LogP contribution in [0.25, 0.3) is 0 Å². The van der Waals surface area contributed by atoms with Gasteiger partial charge >= 0.3 is 5.97 Å². The fraction of sp³-hybridized carbons (Fsp3) is 0.438. The maximum atomic E-state index is 14.4. The highest BCUT2D eigenvalue weighted by atomic mass is 35.5. The molecule has 2 fully saturated rings. The van der Waals surface area contributed by atoms with Crippen molar-refractivity contribution in [1.82, 2.24) is 14.9 Å². The van der Waals surface area contributed by atoms with Gasteiger partial charge in [0.15, 0.2) is 0 Å². The zero-order valence-electron chi connectivity index (χ0n) is 25.0. The van der Waals surface area contributed by atoms with Crippen LogP contribution in [-0.2, 0) is 14.9 Å². The molecule has 2 aromatic heterocycles. The number of rotatable bonds is 4. The molecule has 0 radical (unpaired) electrons. The molecular formula is C32H35ClFN5O4. The molecule has 1 spiro atoms. The zero-order valence-corrected chi connectivity index (χ0v) is 25.8. The largest absolute Gasteiger partial charge is 0.465 e. The van der Waals surface area contributed by atoms with Gasteiger partial charge in [-0.15, -0.1) is 0 Å². The van der Waals surface area contributed by atoms with E-state index in [4.69, 9.17) is 31.0 Å². The topological polar surface area (TPSA) is 88.1 Å². The summed E-state index contributed by atoms with van der Waals surface area (Å²) in [6.07, 6.45) is 0.766. The molecule has 43 heavy (non-hydrogen) atoms. The molecule has 2 saturated heterocycles. The molecule has 6 rings (SSSR count). The van der Waals surface area contributed by atoms with E-state index in [0.29, 0.717) is 62.0 Å². The van der Waals surface area contributed by atoms with Crippen LogP contribution in [0.4, 0.5) is 21.6 Å². The number of methoxy groups -OCH3 is 1. The first-order chi connectivity index (χ1) is 20.4. The zero-order chi connectivity index (χ0) is 30.7. The van der Waals surface area contributed by atoms with Crippen molar-refractivity contribution < 1.29 is 23.5 Å². The Morgan fingerprint density at radius 3 is 2.51 bits per heavy atom. The molecule has 1 amide bonds. The lowest BCUT2D eigenvalue weighted by Crippen LogP contribution is -2.61. The van der Waals surface area contributed by atoms with Crippen LogP contribution in [0.2, 0.25) is 5.02 Å². The molecule has 1 unspecified atom stereocenters. The van der Waals surface area contributed by atoms with Crippen molar-refractivity contribution in [2.24, 2.45) is 0 Å². The molecule has 11 heteroatoms. The molecule has 0 N–H and O–H groups in total. The van der Waals surface area contributed by atoms with E-state index in [9.17, 15) is 14.0 Å². The number of aromatic nitrogens is 2. The Balaban J connectivity index is 1.27. The minimum absolute atomic E-state index is 0.0723. The molecule has 1 atom stereocenters. The van der Waals surface area contributed by atoms with Gasteiger partial charge in [0.05, 0.1) is 52.3 Å². The highest BCUT2D eigenvalue weighted by molar-refractivity contribution is 6.30. The summed E-state index contributed by atoms with van der Waals surface area (Å²) in [6, 6.07) is 10.4. The standard InChI is InChI=1S/C32H35ClFN5O4/c1-19-14-26(35-20(2)27(19)30(41)42-5)37-11-12-39(31(3,4)16-37)29(40)24-8-9-25-28(36-24)32(10-13-43-18-32)17-38(25)21-6-7-22(33)23(34)15-21/h6-9,14-15H,10-13,16-18H2,1-5H3. The smallest absolute Gasteiger partial charge is 0.339 e. The normalized spacial score (nSPS) is 21.0. The Kier molecular flexibility index (Phi) is 7.33. The molecule has 1 aromatic carbocycles. The average molecular weight is 608 g/mol. The maximum Gasteiger partial charge on any atom is 0.339 e. The van der Waals surface area contributed by atoms with Crippen molar-refractivity contribution in [3.8, 4) is 0 Å². The van der Waals surface area contributed by atoms with Crippen molar-refractivity contribution in [3.05, 3.63) is 75.4 Å². The van der Waals surface area contributed by atoms with Gasteiger partial charge in [-0.25, -0.2) is 19.2 Å². The number of carbonyl (C=O) groups excluding carboxylic acids is 2. The number of ether oxygens (including phenoxy) is 2. The Hall–Kier alpha value is -3.76. The van der Waals surface area contributed by atoms with Crippen molar-refractivity contribution >= 4 is 40.7 Å². The van der Waals surface area contributed by atoms with E-state index >= 15 is 0 Å². The summed E-state index contributed by atoms with van der Waals surface area (Å²) in [5, 5.41) is 0.0723. The third-order valence-electron chi connectivity index (χ3n) is 8.91. The van der Waals surface area contributed by atoms with Gasteiger partial charge in [-0.1, -0.05) is 11.6 Å². The second-order valence-corrected chi connectivity index (χ2v) is 12.7. The van der Waals surface area contributed by atoms with E-state index in [1.165, 1.54) is 13.2 Å². The Morgan fingerprint density at radius 1 is 1.07 bits per heavy atom. The van der Waals surface area contributed by atoms with Gasteiger partial charge in [0.1, 0.15) is 17.3 Å². The number of nitrogens with zero attached hydrogens (tertiary/aromatic N) is 5. The minimum Gasteiger partial charge on any atom is -0.465 e. The van der Waals surface area contributed by atoms with E-state index in [1.807, 2.05) is 42.7 Å². The van der Waals surface area contributed by atoms with Crippen LogP contribution in [0.15, 0.2) is 36.4 Å². The number of pyridine rings is 2. The van der Waals surface area contributed by atoms with Gasteiger partial charge < -0.3 is 24.2 Å². The number of piperazine rings is 1. The number of anilines is 3. The Morgan fingerprint density at radius 2 is 1.86 bits per heavy atom. The molecule has 226 valence electrons. The number of carbonyl (C=O) groups is 2. The SMILES string of the molecule is COC(=O)c1c(C)cc(N2CCN(C(=O)c3ccc4c(n3)C3(CCOC3)CN4c3ccc(Cl)c(F)c3)C(C)(C)C2)nc1C. The lowest BCUT2D eigenvalue weighted by Gasteiger charge is -2.47. The number of halogens is 2. The lowest BCUT2D eigenvalue weighted by atomic mass is 9.85. The number of hydrogen-bond acceptors (Lipinski definition) is 8. The van der Waals surface area contributed by atoms with Gasteiger partial charge in [-0.2, -0.15) is 0 Å². The van der Waals surface area contributed by atoms with Crippen LogP contribution >= 0.6 is 11.6 Å². The monoisotopic (exact) mass is 607 g/mol. The van der Waals surface area contributed by atoms with Crippen molar-refractivity contribution in [3.63, 3.8) is 0 Å². The van der Waals surface area contributed by atoms with E-state index in [1.54, 1.807) is 25.1 Å². The predicted molar refractivity (Wildman–Crippen MR) is 162 cm³/mol. The summed E-state index contributed by atoms with van der Waals surface area (Å²) in [5.41, 5.74) is 3.70. The van der Waals surface area contributed by atoms with Crippen LogP contribution in [-0.4, -0.2) is 78.8 Å². The van der Waals surface area contributed by atoms with Crippen LogP contribution in [0, 0.1) is 19.7 Å². The fourth-order valence-corrected chi connectivity index (χ4v) is 6.81. The van der Waals surface area contributed by atoms with E-state index in [2.05, 4.69) is 4.90 Å². The molecule has 3 aromatic rings. The van der Waals surface area contributed by atoms with Crippen molar-refractivity contribution in [2.45, 2.75) is 45.1 Å². The van der Waals surface area contributed by atoms with Crippen molar-refractivity contribution in [2.75, 3.05) is 56.3 Å². The Labute approximate surface area is 255 Å². The highest BCUT2D eigenvalue weighted by Crippen LogP contribution is 2.48. The van der Waals surface area contributed by atoms with Crippen LogP contribution in [0.3, 0.4) is 0 Å². The lowest BCUT2D eigenvalue weighted by molar-refractivity contribution is 0.0505. The third-order valence-corrected chi connectivity index (χ3v) is 9.22. The molecule has 0 saturated carbocycles. The average Bonchev–Trinajstić information content (AvgIpc) is 3.58. The molecule has 3 aliphatic rings. The number of hydrogen-bond donors (Lipinski definition) is 0. The summed E-state index contributed by atoms with van der Waals surface area (Å²) in [6.45, 7) is 11.0. The molecule has 3 aliphatic heterocycles. The minimum atomic E-state index is -0.526. The molecule has 5 heterocycles. The first-order valence-electron chi connectivity index (χ1n) is 14.4. The predicted octanol–water partition coefficient (Wildman–Crippen LogP) is 5.22. The number of benzene rings is 1. The fourth-order valence-electron chi connectivity index (χ4n) is 6.69. The van der Waals surface area contributed by atoms with Gasteiger partial charge in [-0.3, -0.25) is 4.79 Å². The summed E-state index contributed by atoms with van der Waals surface area (Å²) in [4.78, 5) is 42.0. The molecule has 9 nitrogen and oxygen atoms in total. The van der Waals surface area contributed by atoms with Crippen molar-refractivity contribution in [1.29, 1.82) is 0 Å². The maximum absolute atomic E-state index is 14.4. The summed E-state index contributed by atoms with van der Waals surface area (Å²) < 4.78 is 25.1. The summed E-state index contributed by atoms with van der Waals surface area (Å²) in [5.74, 6) is -0.259. The number of esters is 1. The second kappa shape index (κ2) is 10.7. The highest BCUT2D eigenvalue weighted by Gasteiger charge is 2.48. The first-order valence-corrected chi connectivity index (χ1v) is 14.8. The number of amides is 1. The van der Waals surface area contributed by atoms with Crippen LogP contribution in [0.1, 0.15) is 58.1 Å². The van der Waals surface area contributed by atoms with Gasteiger partial charge in [0, 0.05) is 38.5 Å². The third kappa shape index (κ3) is 5.00. The van der Waals surface area contributed by atoms with E-state index in [-0.39, 0.29) is 16.3 Å². The number of aryl methyl sites for hydroxylation is 2. The molecular weight excluding hydrogens is 573 g/mol. The quantitative estimate of drug-likeness (QED) is 0.373. The molecule has 0 bridgehead atoms. The van der Waals surface area contributed by atoms with Crippen LogP contribution < -0.4 is 9.80 Å². The van der Waals surface area contributed by atoms with E-state index in [0.717, 1.165) is 29.2 Å². The molecule has 0 aliphatic carbocycles. The van der Waals surface area contributed by atoms with Crippen LogP contribution in [0.5, 0.6) is 0 Å². The number of fused-ring (bicyclic) bond motifs is 2. The van der Waals surface area contributed by atoms with E-state index < -0.39 is 17.3 Å². The van der Waals surface area contributed by atoms with Gasteiger partial charge in [0.2, 0.25) is 0 Å². The summed E-state index contributed by atoms with van der Waals surface area (Å²) in [7, 11) is 1.36. The van der Waals surface area contributed by atoms with Gasteiger partial charge in [0.25, 0.3) is 5.91 Å². The van der Waals surface area contributed by atoms with Gasteiger partial charge in [-0.05, 0) is 76.1 Å². The Bertz CT molecular complexity index is 1600.